The summed E-state index contributed by atoms with van der Waals surface area (Å²) in [5.41, 5.74) is 2.98. The van der Waals surface area contributed by atoms with Gasteiger partial charge in [0.15, 0.2) is 0 Å². The number of nitrogens with one attached hydrogen (secondary N) is 1. The van der Waals surface area contributed by atoms with Crippen LogP contribution in [-0.2, 0) is 6.42 Å². The molecule has 1 N–H and O–H groups in total. The van der Waals surface area contributed by atoms with Crippen molar-refractivity contribution in [3.05, 3.63) is 29.8 Å². The summed E-state index contributed by atoms with van der Waals surface area (Å²) in [6.07, 6.45) is 6.75. The van der Waals surface area contributed by atoms with Gasteiger partial charge in [-0.2, -0.15) is 0 Å². The summed E-state index contributed by atoms with van der Waals surface area (Å²) in [6.45, 7) is 7.00. The monoisotopic (exact) mass is 272 g/mol. The highest BCUT2D eigenvalue weighted by atomic mass is 15.2. The van der Waals surface area contributed by atoms with Crippen molar-refractivity contribution in [1.82, 2.24) is 5.32 Å². The van der Waals surface area contributed by atoms with E-state index in [4.69, 9.17) is 0 Å². The predicted molar refractivity (Wildman–Crippen MR) is 86.4 cm³/mol. The molecule has 1 aromatic carbocycles. The van der Waals surface area contributed by atoms with E-state index in [0.717, 1.165) is 25.0 Å². The lowest BCUT2D eigenvalue weighted by atomic mass is 9.87. The van der Waals surface area contributed by atoms with Gasteiger partial charge >= 0.3 is 0 Å². The van der Waals surface area contributed by atoms with Gasteiger partial charge in [0, 0.05) is 30.9 Å². The molecule has 110 valence electrons. The Morgan fingerprint density at radius 2 is 1.85 bits per heavy atom. The van der Waals surface area contributed by atoms with Crippen molar-refractivity contribution in [2.75, 3.05) is 18.0 Å². The first kappa shape index (κ1) is 13.9. The first-order valence-corrected chi connectivity index (χ1v) is 8.32. The molecule has 1 saturated carbocycles. The van der Waals surface area contributed by atoms with Gasteiger partial charge in [0.05, 0.1) is 0 Å². The van der Waals surface area contributed by atoms with E-state index in [-0.39, 0.29) is 0 Å². The summed E-state index contributed by atoms with van der Waals surface area (Å²) < 4.78 is 0. The SMILES string of the molecule is CC1CCC(NCCN2c3ccccc3CC2C)CC1. The summed E-state index contributed by atoms with van der Waals surface area (Å²) in [6, 6.07) is 10.3. The van der Waals surface area contributed by atoms with Crippen LogP contribution in [0.3, 0.4) is 0 Å². The smallest absolute Gasteiger partial charge is 0.0402 e. The second-order valence-corrected chi connectivity index (χ2v) is 6.79. The maximum atomic E-state index is 3.78. The quantitative estimate of drug-likeness (QED) is 0.901. The number of hydrogen-bond acceptors (Lipinski definition) is 2. The van der Waals surface area contributed by atoms with Crippen LogP contribution in [0.4, 0.5) is 5.69 Å². The van der Waals surface area contributed by atoms with Crippen molar-refractivity contribution in [3.63, 3.8) is 0 Å². The van der Waals surface area contributed by atoms with Gasteiger partial charge in [0.25, 0.3) is 0 Å². The van der Waals surface area contributed by atoms with Crippen molar-refractivity contribution < 1.29 is 0 Å². The number of hydrogen-bond donors (Lipinski definition) is 1. The molecular weight excluding hydrogens is 244 g/mol. The third-order valence-electron chi connectivity index (χ3n) is 5.15. The lowest BCUT2D eigenvalue weighted by Gasteiger charge is -2.29. The van der Waals surface area contributed by atoms with E-state index >= 15 is 0 Å². The van der Waals surface area contributed by atoms with Gasteiger partial charge in [0.1, 0.15) is 0 Å². The maximum absolute atomic E-state index is 3.78. The van der Waals surface area contributed by atoms with Crippen LogP contribution in [0.25, 0.3) is 0 Å². The van der Waals surface area contributed by atoms with Crippen molar-refractivity contribution in [2.24, 2.45) is 5.92 Å². The topological polar surface area (TPSA) is 15.3 Å². The molecule has 20 heavy (non-hydrogen) atoms. The molecular formula is C18H28N2. The van der Waals surface area contributed by atoms with E-state index in [1.165, 1.54) is 43.4 Å². The fraction of sp³-hybridized carbons (Fsp3) is 0.667. The zero-order valence-electron chi connectivity index (χ0n) is 12.9. The molecule has 2 aliphatic rings. The summed E-state index contributed by atoms with van der Waals surface area (Å²) in [5.74, 6) is 0.943. The Labute approximate surface area is 123 Å². The molecule has 0 bridgehead atoms. The highest BCUT2D eigenvalue weighted by molar-refractivity contribution is 5.59. The molecule has 2 nitrogen and oxygen atoms in total. The van der Waals surface area contributed by atoms with Gasteiger partial charge in [-0.05, 0) is 56.6 Å². The summed E-state index contributed by atoms with van der Waals surface area (Å²) >= 11 is 0. The first-order chi connectivity index (χ1) is 9.74. The fourth-order valence-electron chi connectivity index (χ4n) is 3.82. The third kappa shape index (κ3) is 3.01. The Bertz CT molecular complexity index is 435. The summed E-state index contributed by atoms with van der Waals surface area (Å²) in [5, 5.41) is 3.78. The Balaban J connectivity index is 1.49. The van der Waals surface area contributed by atoms with E-state index in [0.29, 0.717) is 6.04 Å². The van der Waals surface area contributed by atoms with Crippen molar-refractivity contribution >= 4 is 5.69 Å². The second-order valence-electron chi connectivity index (χ2n) is 6.79. The van der Waals surface area contributed by atoms with Crippen LogP contribution in [0.2, 0.25) is 0 Å². The van der Waals surface area contributed by atoms with Gasteiger partial charge in [0.2, 0.25) is 0 Å². The predicted octanol–water partition coefficient (Wildman–Crippen LogP) is 3.61. The molecule has 1 aliphatic carbocycles. The number of rotatable bonds is 4. The van der Waals surface area contributed by atoms with Crippen LogP contribution in [-0.4, -0.2) is 25.2 Å². The molecule has 2 heteroatoms. The van der Waals surface area contributed by atoms with Crippen LogP contribution in [0.5, 0.6) is 0 Å². The third-order valence-corrected chi connectivity index (χ3v) is 5.15. The van der Waals surface area contributed by atoms with E-state index in [1.54, 1.807) is 0 Å². The highest BCUT2D eigenvalue weighted by Crippen LogP contribution is 2.31. The molecule has 0 aromatic heterocycles. The average molecular weight is 272 g/mol. The van der Waals surface area contributed by atoms with E-state index in [2.05, 4.69) is 48.3 Å². The van der Waals surface area contributed by atoms with Gasteiger partial charge < -0.3 is 10.2 Å². The van der Waals surface area contributed by atoms with Crippen LogP contribution in [0.15, 0.2) is 24.3 Å². The Hall–Kier alpha value is -1.02. The van der Waals surface area contributed by atoms with Gasteiger partial charge in [-0.25, -0.2) is 0 Å². The number of fused-ring (bicyclic) bond motifs is 1. The molecule has 3 rings (SSSR count). The largest absolute Gasteiger partial charge is 0.367 e. The molecule has 0 radical (unpaired) electrons. The Kier molecular flexibility index (Phi) is 4.30. The highest BCUT2D eigenvalue weighted by Gasteiger charge is 2.25. The molecule has 1 aliphatic heterocycles. The normalized spacial score (nSPS) is 29.5. The van der Waals surface area contributed by atoms with Crippen LogP contribution < -0.4 is 10.2 Å². The minimum Gasteiger partial charge on any atom is -0.367 e. The molecule has 1 heterocycles. The average Bonchev–Trinajstić information content (AvgIpc) is 2.77. The number of anilines is 1. The zero-order chi connectivity index (χ0) is 13.9. The first-order valence-electron chi connectivity index (χ1n) is 8.32. The molecule has 1 fully saturated rings. The van der Waals surface area contributed by atoms with Gasteiger partial charge in [-0.15, -0.1) is 0 Å². The van der Waals surface area contributed by atoms with Crippen molar-refractivity contribution in [3.8, 4) is 0 Å². The van der Waals surface area contributed by atoms with Crippen molar-refractivity contribution in [2.45, 2.75) is 58.0 Å². The molecule has 0 spiro atoms. The van der Waals surface area contributed by atoms with Crippen LogP contribution in [0, 0.1) is 5.92 Å². The van der Waals surface area contributed by atoms with Gasteiger partial charge in [-0.1, -0.05) is 25.1 Å². The second kappa shape index (κ2) is 6.17. The van der Waals surface area contributed by atoms with E-state index < -0.39 is 0 Å². The van der Waals surface area contributed by atoms with Crippen LogP contribution >= 0.6 is 0 Å². The zero-order valence-corrected chi connectivity index (χ0v) is 12.9. The lowest BCUT2D eigenvalue weighted by Crippen LogP contribution is -2.40. The number of benzene rings is 1. The number of nitrogens with zero attached hydrogens (tertiary/aromatic N) is 1. The van der Waals surface area contributed by atoms with E-state index in [9.17, 15) is 0 Å². The lowest BCUT2D eigenvalue weighted by molar-refractivity contribution is 0.309. The standard InChI is InChI=1S/C18H28N2/c1-14-7-9-17(10-8-14)19-11-12-20-15(2)13-16-5-3-4-6-18(16)20/h3-6,14-15,17,19H,7-13H2,1-2H3. The molecule has 0 saturated heterocycles. The minimum absolute atomic E-state index is 0.653. The molecule has 1 aromatic rings. The van der Waals surface area contributed by atoms with E-state index in [1.807, 2.05) is 0 Å². The summed E-state index contributed by atoms with van der Waals surface area (Å²) in [7, 11) is 0. The minimum atomic E-state index is 0.653. The maximum Gasteiger partial charge on any atom is 0.0402 e. The fourth-order valence-corrected chi connectivity index (χ4v) is 3.82. The summed E-state index contributed by atoms with van der Waals surface area (Å²) in [4.78, 5) is 2.58. The molecule has 0 amide bonds. The Morgan fingerprint density at radius 3 is 2.65 bits per heavy atom. The Morgan fingerprint density at radius 1 is 1.10 bits per heavy atom. The molecule has 1 atom stereocenters. The van der Waals surface area contributed by atoms with Crippen LogP contribution in [0.1, 0.15) is 45.1 Å². The van der Waals surface area contributed by atoms with Crippen molar-refractivity contribution in [1.29, 1.82) is 0 Å². The van der Waals surface area contributed by atoms with Gasteiger partial charge in [-0.3, -0.25) is 0 Å². The molecule has 1 unspecified atom stereocenters. The number of para-hydroxylation sites is 1.